The van der Waals surface area contributed by atoms with E-state index in [9.17, 15) is 9.18 Å². The third-order valence-corrected chi connectivity index (χ3v) is 2.97. The third-order valence-electron chi connectivity index (χ3n) is 2.97. The Labute approximate surface area is 133 Å². The Balaban J connectivity index is 1.71. The number of nitrogens with one attached hydrogen (secondary N) is 1. The number of carbonyl (C=O) groups is 1. The van der Waals surface area contributed by atoms with Gasteiger partial charge in [-0.05, 0) is 35.4 Å². The first kappa shape index (κ1) is 16.5. The van der Waals surface area contributed by atoms with Gasteiger partial charge in [0, 0.05) is 6.54 Å². The zero-order valence-corrected chi connectivity index (χ0v) is 12.7. The smallest absolute Gasteiger partial charge is 0.261 e. The fourth-order valence-corrected chi connectivity index (χ4v) is 1.78. The summed E-state index contributed by atoms with van der Waals surface area (Å²) in [5.74, 6) is 0.126. The van der Waals surface area contributed by atoms with E-state index >= 15 is 0 Å². The van der Waals surface area contributed by atoms with Gasteiger partial charge in [-0.1, -0.05) is 29.4 Å². The Morgan fingerprint density at radius 1 is 1.26 bits per heavy atom. The first-order valence-electron chi connectivity index (χ1n) is 6.98. The van der Waals surface area contributed by atoms with Crippen molar-refractivity contribution in [1.82, 2.24) is 5.32 Å². The van der Waals surface area contributed by atoms with Crippen molar-refractivity contribution in [2.24, 2.45) is 5.16 Å². The molecule has 0 heterocycles. The second-order valence-electron chi connectivity index (χ2n) is 4.69. The quantitative estimate of drug-likeness (QED) is 0.631. The van der Waals surface area contributed by atoms with Crippen molar-refractivity contribution in [3.8, 4) is 5.75 Å². The van der Waals surface area contributed by atoms with Crippen LogP contribution in [0.2, 0.25) is 0 Å². The molecule has 0 radical (unpaired) electrons. The maximum absolute atomic E-state index is 12.7. The molecule has 0 aliphatic rings. The molecular formula is C17H17FN2O3. The van der Waals surface area contributed by atoms with E-state index in [0.717, 1.165) is 11.3 Å². The maximum Gasteiger partial charge on any atom is 0.261 e. The van der Waals surface area contributed by atoms with E-state index in [-0.39, 0.29) is 18.3 Å². The molecule has 5 nitrogen and oxygen atoms in total. The predicted octanol–water partition coefficient (Wildman–Crippen LogP) is 2.50. The van der Waals surface area contributed by atoms with E-state index in [1.54, 1.807) is 19.2 Å². The number of methoxy groups -OCH3 is 1. The second kappa shape index (κ2) is 8.53. The Morgan fingerprint density at radius 2 is 2.04 bits per heavy atom. The van der Waals surface area contributed by atoms with Crippen LogP contribution in [0.25, 0.3) is 0 Å². The number of benzene rings is 2. The number of nitrogens with zero attached hydrogens (tertiary/aromatic N) is 1. The summed E-state index contributed by atoms with van der Waals surface area (Å²) in [7, 11) is 1.59. The van der Waals surface area contributed by atoms with Crippen LogP contribution in [0.15, 0.2) is 53.7 Å². The van der Waals surface area contributed by atoms with Crippen LogP contribution in [-0.2, 0) is 16.2 Å². The average Bonchev–Trinajstić information content (AvgIpc) is 2.58. The molecule has 2 rings (SSSR count). The van der Waals surface area contributed by atoms with Crippen LogP contribution in [0.4, 0.5) is 4.39 Å². The highest BCUT2D eigenvalue weighted by Gasteiger charge is 2.02. The van der Waals surface area contributed by atoms with Gasteiger partial charge in [-0.25, -0.2) is 4.39 Å². The Bertz CT molecular complexity index is 672. The van der Waals surface area contributed by atoms with Crippen molar-refractivity contribution in [2.75, 3.05) is 13.7 Å². The SMILES string of the molecule is COc1cccc(CNC(=O)CO/N=C/c2ccc(F)cc2)c1. The Morgan fingerprint density at radius 3 is 2.78 bits per heavy atom. The first-order valence-corrected chi connectivity index (χ1v) is 6.98. The summed E-state index contributed by atoms with van der Waals surface area (Å²) in [5.41, 5.74) is 1.61. The monoisotopic (exact) mass is 316 g/mol. The highest BCUT2D eigenvalue weighted by Crippen LogP contribution is 2.12. The lowest BCUT2D eigenvalue weighted by Crippen LogP contribution is -2.26. The maximum atomic E-state index is 12.7. The number of ether oxygens (including phenoxy) is 1. The normalized spacial score (nSPS) is 10.5. The van der Waals surface area contributed by atoms with Gasteiger partial charge in [-0.3, -0.25) is 4.79 Å². The van der Waals surface area contributed by atoms with Crippen LogP contribution in [-0.4, -0.2) is 25.8 Å². The van der Waals surface area contributed by atoms with E-state index in [1.807, 2.05) is 24.3 Å². The fourth-order valence-electron chi connectivity index (χ4n) is 1.78. The molecule has 0 atom stereocenters. The Hall–Kier alpha value is -2.89. The Kier molecular flexibility index (Phi) is 6.11. The van der Waals surface area contributed by atoms with Crippen molar-refractivity contribution in [3.05, 3.63) is 65.5 Å². The second-order valence-corrected chi connectivity index (χ2v) is 4.69. The number of hydrogen-bond acceptors (Lipinski definition) is 4. The molecule has 0 aliphatic heterocycles. The van der Waals surface area contributed by atoms with Gasteiger partial charge < -0.3 is 14.9 Å². The average molecular weight is 316 g/mol. The summed E-state index contributed by atoms with van der Waals surface area (Å²) >= 11 is 0. The molecule has 2 aromatic carbocycles. The van der Waals surface area contributed by atoms with E-state index in [0.29, 0.717) is 12.1 Å². The zero-order valence-electron chi connectivity index (χ0n) is 12.7. The summed E-state index contributed by atoms with van der Waals surface area (Å²) in [4.78, 5) is 16.5. The molecule has 0 spiro atoms. The molecule has 0 bridgehead atoms. The molecule has 120 valence electrons. The van der Waals surface area contributed by atoms with Crippen LogP contribution >= 0.6 is 0 Å². The van der Waals surface area contributed by atoms with Gasteiger partial charge in [0.15, 0.2) is 6.61 Å². The zero-order chi connectivity index (χ0) is 16.5. The highest BCUT2D eigenvalue weighted by molar-refractivity contribution is 5.79. The molecule has 0 aromatic heterocycles. The number of carbonyl (C=O) groups excluding carboxylic acids is 1. The number of rotatable bonds is 7. The van der Waals surface area contributed by atoms with Crippen LogP contribution in [0.5, 0.6) is 5.75 Å². The van der Waals surface area contributed by atoms with Gasteiger partial charge in [-0.2, -0.15) is 0 Å². The minimum atomic E-state index is -0.319. The van der Waals surface area contributed by atoms with E-state index in [2.05, 4.69) is 10.5 Å². The third kappa shape index (κ3) is 5.78. The summed E-state index contributed by atoms with van der Waals surface area (Å²) in [6.45, 7) is 0.183. The van der Waals surface area contributed by atoms with Crippen molar-refractivity contribution >= 4 is 12.1 Å². The van der Waals surface area contributed by atoms with Gasteiger partial charge in [-0.15, -0.1) is 0 Å². The standard InChI is InChI=1S/C17H17FN2O3/c1-22-16-4-2-3-14(9-16)10-19-17(21)12-23-20-11-13-5-7-15(18)8-6-13/h2-9,11H,10,12H2,1H3,(H,19,21)/b20-11+. The molecule has 2 aromatic rings. The molecule has 1 N–H and O–H groups in total. The highest BCUT2D eigenvalue weighted by atomic mass is 19.1. The fraction of sp³-hybridized carbons (Fsp3) is 0.176. The first-order chi connectivity index (χ1) is 11.2. The van der Waals surface area contributed by atoms with Gasteiger partial charge in [0.1, 0.15) is 11.6 Å². The molecule has 1 amide bonds. The lowest BCUT2D eigenvalue weighted by atomic mass is 10.2. The molecule has 0 saturated carbocycles. The molecular weight excluding hydrogens is 299 g/mol. The predicted molar refractivity (Wildman–Crippen MR) is 84.8 cm³/mol. The van der Waals surface area contributed by atoms with Crippen molar-refractivity contribution in [3.63, 3.8) is 0 Å². The van der Waals surface area contributed by atoms with E-state index in [4.69, 9.17) is 9.57 Å². The lowest BCUT2D eigenvalue weighted by Gasteiger charge is -2.06. The molecule has 0 aliphatic carbocycles. The number of halogens is 1. The van der Waals surface area contributed by atoms with Crippen LogP contribution < -0.4 is 10.1 Å². The summed E-state index contributed by atoms with van der Waals surface area (Å²) < 4.78 is 17.8. The van der Waals surface area contributed by atoms with Crippen molar-refractivity contribution in [1.29, 1.82) is 0 Å². The largest absolute Gasteiger partial charge is 0.497 e. The molecule has 0 saturated heterocycles. The number of oxime groups is 1. The molecule has 6 heteroatoms. The van der Waals surface area contributed by atoms with Gasteiger partial charge in [0.05, 0.1) is 13.3 Å². The van der Waals surface area contributed by atoms with Gasteiger partial charge >= 0.3 is 0 Å². The van der Waals surface area contributed by atoms with Gasteiger partial charge in [0.2, 0.25) is 0 Å². The van der Waals surface area contributed by atoms with Crippen LogP contribution in [0.3, 0.4) is 0 Å². The van der Waals surface area contributed by atoms with Crippen LogP contribution in [0, 0.1) is 5.82 Å². The summed E-state index contributed by atoms with van der Waals surface area (Å²) in [6.07, 6.45) is 1.41. The molecule has 23 heavy (non-hydrogen) atoms. The minimum Gasteiger partial charge on any atom is -0.497 e. The molecule has 0 unspecified atom stereocenters. The van der Waals surface area contributed by atoms with Crippen molar-refractivity contribution < 1.29 is 18.8 Å². The van der Waals surface area contributed by atoms with Crippen LogP contribution in [0.1, 0.15) is 11.1 Å². The lowest BCUT2D eigenvalue weighted by molar-refractivity contribution is -0.125. The van der Waals surface area contributed by atoms with Crippen molar-refractivity contribution in [2.45, 2.75) is 6.54 Å². The van der Waals surface area contributed by atoms with Gasteiger partial charge in [0.25, 0.3) is 5.91 Å². The topological polar surface area (TPSA) is 59.9 Å². The van der Waals surface area contributed by atoms with E-state index < -0.39 is 0 Å². The number of hydrogen-bond donors (Lipinski definition) is 1. The number of amides is 1. The minimum absolute atomic E-state index is 0.193. The summed E-state index contributed by atoms with van der Waals surface area (Å²) in [6, 6.07) is 13.2. The van der Waals surface area contributed by atoms with E-state index in [1.165, 1.54) is 18.3 Å². The summed E-state index contributed by atoms with van der Waals surface area (Å²) in [5, 5.41) is 6.38. The molecule has 0 fully saturated rings.